The molecule has 4 aliphatic rings. The van der Waals surface area contributed by atoms with Crippen LogP contribution in [0.2, 0.25) is 0 Å². The number of likely N-dealkylation sites (tertiary alicyclic amines) is 2. The summed E-state index contributed by atoms with van der Waals surface area (Å²) in [5.41, 5.74) is 6.37. The van der Waals surface area contributed by atoms with Crippen LogP contribution < -0.4 is 10.1 Å². The molecule has 5 heterocycles. The zero-order valence-corrected chi connectivity index (χ0v) is 22.6. The minimum absolute atomic E-state index is 0.0258. The van der Waals surface area contributed by atoms with Crippen LogP contribution in [-0.4, -0.2) is 72.8 Å². The molecule has 0 radical (unpaired) electrons. The summed E-state index contributed by atoms with van der Waals surface area (Å²) >= 11 is 0. The number of piperidine rings is 1. The van der Waals surface area contributed by atoms with Crippen molar-refractivity contribution in [1.29, 1.82) is 0 Å². The largest absolute Gasteiger partial charge is 0.486 e. The zero-order chi connectivity index (χ0) is 26.4. The highest BCUT2D eigenvalue weighted by molar-refractivity contribution is 7.91. The molecule has 0 atom stereocenters. The summed E-state index contributed by atoms with van der Waals surface area (Å²) in [6, 6.07) is 6.89. The molecule has 4 aliphatic heterocycles. The highest BCUT2D eigenvalue weighted by Gasteiger charge is 2.36. The van der Waals surface area contributed by atoms with Crippen molar-refractivity contribution in [2.75, 3.05) is 43.0 Å². The fourth-order valence-corrected chi connectivity index (χ4v) is 7.31. The van der Waals surface area contributed by atoms with E-state index in [0.717, 1.165) is 78.5 Å². The molecule has 6 rings (SSSR count). The lowest BCUT2D eigenvalue weighted by Gasteiger charge is -2.47. The highest BCUT2D eigenvalue weighted by atomic mass is 32.2. The Hall–Kier alpha value is -3.17. The first-order chi connectivity index (χ1) is 18.3. The molecule has 0 spiro atoms. The summed E-state index contributed by atoms with van der Waals surface area (Å²) in [4.78, 5) is 20.8. The van der Waals surface area contributed by atoms with Gasteiger partial charge in [0.25, 0.3) is 0 Å². The lowest BCUT2D eigenvalue weighted by Crippen LogP contribution is -2.61. The van der Waals surface area contributed by atoms with E-state index in [-0.39, 0.29) is 17.4 Å². The van der Waals surface area contributed by atoms with Crippen LogP contribution >= 0.6 is 0 Å². The first-order valence-electron chi connectivity index (χ1n) is 13.4. The normalized spacial score (nSPS) is 21.6. The number of aromatic nitrogens is 1. The van der Waals surface area contributed by atoms with Gasteiger partial charge in [-0.25, -0.2) is 13.4 Å². The Labute approximate surface area is 224 Å². The smallest absolute Gasteiger partial charge is 0.246 e. The average Bonchev–Trinajstić information content (AvgIpc) is 3.08. The number of pyridine rings is 1. The number of hydrogen-bond donors (Lipinski definition) is 1. The van der Waals surface area contributed by atoms with E-state index in [1.165, 1.54) is 11.6 Å². The molecular formula is C29H34N4O4S. The number of nitrogens with one attached hydrogen (secondary N) is 1. The van der Waals surface area contributed by atoms with Gasteiger partial charge in [0, 0.05) is 30.9 Å². The second-order valence-electron chi connectivity index (χ2n) is 10.8. The first-order valence-corrected chi connectivity index (χ1v) is 15.2. The van der Waals surface area contributed by atoms with Gasteiger partial charge in [-0.2, -0.15) is 0 Å². The van der Waals surface area contributed by atoms with E-state index in [9.17, 15) is 13.2 Å². The van der Waals surface area contributed by atoms with Crippen molar-refractivity contribution < 1.29 is 17.9 Å². The molecule has 38 heavy (non-hydrogen) atoms. The summed E-state index contributed by atoms with van der Waals surface area (Å²) in [5.74, 6) is 2.37. The van der Waals surface area contributed by atoms with E-state index >= 15 is 0 Å². The van der Waals surface area contributed by atoms with Gasteiger partial charge in [0.2, 0.25) is 5.91 Å². The molecule has 1 aromatic heterocycles. The predicted molar refractivity (Wildman–Crippen MR) is 148 cm³/mol. The van der Waals surface area contributed by atoms with E-state index in [1.807, 2.05) is 17.0 Å². The van der Waals surface area contributed by atoms with E-state index in [0.29, 0.717) is 25.0 Å². The van der Waals surface area contributed by atoms with Crippen LogP contribution in [0.15, 0.2) is 43.1 Å². The van der Waals surface area contributed by atoms with Gasteiger partial charge >= 0.3 is 0 Å². The Balaban J connectivity index is 1.18. The van der Waals surface area contributed by atoms with Gasteiger partial charge in [-0.1, -0.05) is 18.7 Å². The molecule has 0 unspecified atom stereocenters. The second kappa shape index (κ2) is 9.85. The maximum absolute atomic E-state index is 11.9. The zero-order valence-electron chi connectivity index (χ0n) is 21.8. The number of fused-ring (bicyclic) bond motifs is 2. The van der Waals surface area contributed by atoms with E-state index in [2.05, 4.69) is 40.8 Å². The van der Waals surface area contributed by atoms with Gasteiger partial charge in [-0.3, -0.25) is 9.69 Å². The summed E-state index contributed by atoms with van der Waals surface area (Å²) in [6.45, 7) is 9.73. The summed E-state index contributed by atoms with van der Waals surface area (Å²) < 4.78 is 30.2. The quantitative estimate of drug-likeness (QED) is 0.597. The van der Waals surface area contributed by atoms with Gasteiger partial charge in [-0.15, -0.1) is 0 Å². The molecule has 0 aliphatic carbocycles. The van der Waals surface area contributed by atoms with Crippen molar-refractivity contribution in [3.63, 3.8) is 0 Å². The maximum atomic E-state index is 11.9. The lowest BCUT2D eigenvalue weighted by molar-refractivity contribution is -0.133. The van der Waals surface area contributed by atoms with Crippen LogP contribution in [0.3, 0.4) is 0 Å². The number of benzene rings is 1. The summed E-state index contributed by atoms with van der Waals surface area (Å²) in [6.07, 6.45) is 7.70. The van der Waals surface area contributed by atoms with Crippen molar-refractivity contribution >= 4 is 32.8 Å². The SMILES string of the molecule is C=CC(=O)N1CC(N2CCC(c3cc(C)c4c(c3)Nc3nccc(C5=CCS(=O)(=O)CC5)c3CO4)CC2)C1. The number of amides is 1. The molecule has 0 saturated carbocycles. The average molecular weight is 535 g/mol. The minimum Gasteiger partial charge on any atom is -0.486 e. The van der Waals surface area contributed by atoms with E-state index in [1.54, 1.807) is 6.20 Å². The third-order valence-electron chi connectivity index (χ3n) is 8.44. The van der Waals surface area contributed by atoms with E-state index in [4.69, 9.17) is 4.74 Å². The number of carbonyl (C=O) groups is 1. The standard InChI is InChI=1S/C29H34N4O4S/c1-3-27(34)33-16-23(17-33)32-10-5-20(6-11-32)22-14-19(2)28-26(15-22)31-29-25(18-37-28)24(4-9-30-29)21-7-12-38(35,36)13-8-21/h3-4,7,9,14-15,20,23H,1,5-6,8,10-13,16-18H2,2H3,(H,30,31). The molecular weight excluding hydrogens is 500 g/mol. The predicted octanol–water partition coefficient (Wildman–Crippen LogP) is 3.80. The van der Waals surface area contributed by atoms with Crippen LogP contribution in [-0.2, 0) is 21.2 Å². The number of allylic oxidation sites excluding steroid dienone is 1. The summed E-state index contributed by atoms with van der Waals surface area (Å²) in [7, 11) is -2.99. The number of anilines is 2. The maximum Gasteiger partial charge on any atom is 0.246 e. The number of nitrogens with zero attached hydrogens (tertiary/aromatic N) is 3. The number of carbonyl (C=O) groups excluding carboxylic acids is 1. The first kappa shape index (κ1) is 25.1. The van der Waals surface area contributed by atoms with Crippen molar-refractivity contribution in [1.82, 2.24) is 14.8 Å². The van der Waals surface area contributed by atoms with E-state index < -0.39 is 9.84 Å². The molecule has 8 nitrogen and oxygen atoms in total. The molecule has 9 heteroatoms. The molecule has 1 amide bonds. The minimum atomic E-state index is -2.99. The van der Waals surface area contributed by atoms with Crippen molar-refractivity contribution in [3.05, 3.63) is 65.4 Å². The number of sulfone groups is 1. The second-order valence-corrected chi connectivity index (χ2v) is 13.0. The monoisotopic (exact) mass is 534 g/mol. The topological polar surface area (TPSA) is 91.8 Å². The number of rotatable bonds is 4. The fraction of sp³-hybridized carbons (Fsp3) is 0.448. The molecule has 2 saturated heterocycles. The van der Waals surface area contributed by atoms with Crippen molar-refractivity contribution in [2.24, 2.45) is 0 Å². The van der Waals surface area contributed by atoms with Gasteiger partial charge < -0.3 is 15.0 Å². The van der Waals surface area contributed by atoms with Crippen LogP contribution in [0.4, 0.5) is 11.5 Å². The Morgan fingerprint density at radius 2 is 2.03 bits per heavy atom. The molecule has 1 N–H and O–H groups in total. The summed E-state index contributed by atoms with van der Waals surface area (Å²) in [5, 5.41) is 3.55. The van der Waals surface area contributed by atoms with Crippen LogP contribution in [0.5, 0.6) is 5.75 Å². The highest BCUT2D eigenvalue weighted by Crippen LogP contribution is 2.42. The number of hydrogen-bond acceptors (Lipinski definition) is 7. The van der Waals surface area contributed by atoms with Crippen LogP contribution in [0.1, 0.15) is 47.4 Å². The number of aryl methyl sites for hydroxylation is 1. The third kappa shape index (κ3) is 4.73. The molecule has 2 aromatic rings. The Bertz CT molecular complexity index is 1420. The fourth-order valence-electron chi connectivity index (χ4n) is 6.16. The molecule has 200 valence electrons. The molecule has 2 fully saturated rings. The Morgan fingerprint density at radius 3 is 2.74 bits per heavy atom. The molecule has 0 bridgehead atoms. The van der Waals surface area contributed by atoms with Crippen LogP contribution in [0, 0.1) is 6.92 Å². The van der Waals surface area contributed by atoms with Crippen molar-refractivity contribution in [2.45, 2.75) is 44.8 Å². The molecule has 1 aromatic carbocycles. The van der Waals surface area contributed by atoms with Gasteiger partial charge in [-0.05, 0) is 85.7 Å². The van der Waals surface area contributed by atoms with Crippen LogP contribution in [0.25, 0.3) is 5.57 Å². The lowest BCUT2D eigenvalue weighted by atomic mass is 9.87. The van der Waals surface area contributed by atoms with Crippen molar-refractivity contribution in [3.8, 4) is 5.75 Å². The number of ether oxygens (including phenoxy) is 1. The Morgan fingerprint density at radius 1 is 1.24 bits per heavy atom. The van der Waals surface area contributed by atoms with Gasteiger partial charge in [0.15, 0.2) is 9.84 Å². The van der Waals surface area contributed by atoms with Gasteiger partial charge in [0.1, 0.15) is 18.2 Å². The Kier molecular flexibility index (Phi) is 6.52. The third-order valence-corrected chi connectivity index (χ3v) is 9.95. The van der Waals surface area contributed by atoms with Gasteiger partial charge in [0.05, 0.1) is 17.2 Å².